The number of benzene rings is 3. The van der Waals surface area contributed by atoms with E-state index in [1.807, 2.05) is 11.9 Å². The largest absolute Gasteiger partial charge is 0.488 e. The second kappa shape index (κ2) is 11.1. The molecule has 39 heavy (non-hydrogen) atoms. The van der Waals surface area contributed by atoms with Crippen molar-refractivity contribution in [2.45, 2.75) is 39.6 Å². The van der Waals surface area contributed by atoms with Crippen LogP contribution in [0.4, 0.5) is 32.0 Å². The van der Waals surface area contributed by atoms with E-state index in [1.165, 1.54) is 30.3 Å². The van der Waals surface area contributed by atoms with Crippen molar-refractivity contribution in [2.24, 2.45) is 0 Å². The lowest BCUT2D eigenvalue weighted by Crippen LogP contribution is -2.23. The number of ether oxygens (including phenoxy) is 1. The topological polar surface area (TPSA) is 58.6 Å². The zero-order valence-corrected chi connectivity index (χ0v) is 22.5. The van der Waals surface area contributed by atoms with Crippen LogP contribution in [-0.4, -0.2) is 39.6 Å². The van der Waals surface area contributed by atoms with Gasteiger partial charge in [0.25, 0.3) is 10.0 Å². The van der Waals surface area contributed by atoms with Crippen molar-refractivity contribution in [2.75, 3.05) is 24.9 Å². The Bertz CT molecular complexity index is 1450. The van der Waals surface area contributed by atoms with Gasteiger partial charge in [-0.25, -0.2) is 8.42 Å². The van der Waals surface area contributed by atoms with E-state index in [4.69, 9.17) is 16.3 Å². The molecule has 4 rings (SSSR count). The first-order chi connectivity index (χ1) is 18.1. The number of sulfonamides is 1. The second-order valence-electron chi connectivity index (χ2n) is 8.82. The van der Waals surface area contributed by atoms with Crippen molar-refractivity contribution in [1.82, 2.24) is 4.90 Å². The first kappa shape index (κ1) is 29.4. The standard InChI is InChI=1S/C25H21ClF6N2O3S2/c1-34-11-10-17(14-34)37-22-12-16(4-8-20(22)25(30,31)32)33-39(35,36)23-9-7-19(13-21(23)26)38-18-5-2-15(3-6-18)24(27,28)29/h2-9,12-13,17,33H,10-11,14H2,1H3/t17-/m1/s1. The van der Waals surface area contributed by atoms with Crippen LogP contribution in [0.2, 0.25) is 5.02 Å². The Hall–Kier alpha value is -2.61. The van der Waals surface area contributed by atoms with Crippen LogP contribution in [0, 0.1) is 0 Å². The van der Waals surface area contributed by atoms with Crippen LogP contribution in [0.5, 0.6) is 5.75 Å². The van der Waals surface area contributed by atoms with Crippen LogP contribution in [0.3, 0.4) is 0 Å². The Kier molecular flexibility index (Phi) is 8.36. The Balaban J connectivity index is 1.53. The molecule has 14 heteroatoms. The number of hydrogen-bond acceptors (Lipinski definition) is 5. The van der Waals surface area contributed by atoms with Gasteiger partial charge in [0.05, 0.1) is 21.8 Å². The second-order valence-corrected chi connectivity index (χ2v) is 12.0. The molecular formula is C25H21ClF6N2O3S2. The maximum atomic E-state index is 13.6. The molecule has 0 spiro atoms. The fourth-order valence-electron chi connectivity index (χ4n) is 3.91. The lowest BCUT2D eigenvalue weighted by Gasteiger charge is -2.19. The van der Waals surface area contributed by atoms with Gasteiger partial charge in [-0.15, -0.1) is 0 Å². The zero-order valence-electron chi connectivity index (χ0n) is 20.1. The fraction of sp³-hybridized carbons (Fsp3) is 0.280. The maximum absolute atomic E-state index is 13.6. The van der Waals surface area contributed by atoms with E-state index < -0.39 is 45.4 Å². The molecule has 1 atom stereocenters. The first-order valence-electron chi connectivity index (χ1n) is 11.4. The van der Waals surface area contributed by atoms with Crippen LogP contribution >= 0.6 is 23.4 Å². The summed E-state index contributed by atoms with van der Waals surface area (Å²) < 4.78 is 113. The van der Waals surface area contributed by atoms with Crippen molar-refractivity contribution in [3.05, 3.63) is 76.8 Å². The number of halogens is 7. The number of hydrogen-bond donors (Lipinski definition) is 1. The molecule has 3 aromatic rings. The number of alkyl halides is 6. The summed E-state index contributed by atoms with van der Waals surface area (Å²) in [5.74, 6) is -0.489. The molecule has 1 saturated heterocycles. The third-order valence-corrected chi connectivity index (χ3v) is 8.65. The highest BCUT2D eigenvalue weighted by Gasteiger charge is 2.36. The van der Waals surface area contributed by atoms with E-state index in [9.17, 15) is 34.8 Å². The van der Waals surface area contributed by atoms with Crippen molar-refractivity contribution in [3.63, 3.8) is 0 Å². The molecular weight excluding hydrogens is 590 g/mol. The van der Waals surface area contributed by atoms with Gasteiger partial charge in [-0.1, -0.05) is 23.4 Å². The summed E-state index contributed by atoms with van der Waals surface area (Å²) >= 11 is 7.29. The summed E-state index contributed by atoms with van der Waals surface area (Å²) in [6.07, 6.45) is -9.13. The van der Waals surface area contributed by atoms with E-state index in [0.29, 0.717) is 29.3 Å². The molecule has 3 aromatic carbocycles. The van der Waals surface area contributed by atoms with Gasteiger partial charge in [-0.05, 0) is 68.1 Å². The summed E-state index contributed by atoms with van der Waals surface area (Å²) in [7, 11) is -2.50. The lowest BCUT2D eigenvalue weighted by atomic mass is 10.1. The molecule has 1 heterocycles. The van der Waals surface area contributed by atoms with Gasteiger partial charge in [0.1, 0.15) is 16.7 Å². The van der Waals surface area contributed by atoms with E-state index in [-0.39, 0.29) is 15.6 Å². The van der Waals surface area contributed by atoms with E-state index in [1.54, 1.807) is 0 Å². The Labute approximate surface area is 230 Å². The minimum Gasteiger partial charge on any atom is -0.488 e. The quantitative estimate of drug-likeness (QED) is 0.282. The number of rotatable bonds is 7. The molecule has 1 aliphatic rings. The van der Waals surface area contributed by atoms with Crippen molar-refractivity contribution in [3.8, 4) is 5.75 Å². The van der Waals surface area contributed by atoms with Crippen molar-refractivity contribution >= 4 is 39.1 Å². The molecule has 1 N–H and O–H groups in total. The molecule has 0 aliphatic carbocycles. The summed E-state index contributed by atoms with van der Waals surface area (Å²) in [4.78, 5) is 2.51. The average molecular weight is 611 g/mol. The summed E-state index contributed by atoms with van der Waals surface area (Å²) in [6, 6.07) is 11.1. The lowest BCUT2D eigenvalue weighted by molar-refractivity contribution is -0.139. The normalized spacial score (nSPS) is 16.9. The highest BCUT2D eigenvalue weighted by Crippen LogP contribution is 2.40. The molecule has 0 unspecified atom stereocenters. The Morgan fingerprint density at radius 3 is 2.18 bits per heavy atom. The van der Waals surface area contributed by atoms with Gasteiger partial charge < -0.3 is 9.64 Å². The molecule has 5 nitrogen and oxygen atoms in total. The first-order valence-corrected chi connectivity index (χ1v) is 14.0. The Morgan fingerprint density at radius 2 is 1.62 bits per heavy atom. The molecule has 0 bridgehead atoms. The number of nitrogens with one attached hydrogen (secondary N) is 1. The van der Waals surface area contributed by atoms with E-state index in [2.05, 4.69) is 4.72 Å². The van der Waals surface area contributed by atoms with Crippen molar-refractivity contribution < 1.29 is 39.5 Å². The average Bonchev–Trinajstić information content (AvgIpc) is 3.22. The van der Waals surface area contributed by atoms with Gasteiger partial charge in [0, 0.05) is 28.9 Å². The molecule has 0 amide bonds. The monoisotopic (exact) mass is 610 g/mol. The van der Waals surface area contributed by atoms with Gasteiger partial charge >= 0.3 is 12.4 Å². The highest BCUT2D eigenvalue weighted by molar-refractivity contribution is 7.99. The van der Waals surface area contributed by atoms with Gasteiger partial charge in [0.15, 0.2) is 0 Å². The summed E-state index contributed by atoms with van der Waals surface area (Å²) in [6.45, 7) is 1.09. The molecule has 1 aliphatic heterocycles. The third-order valence-electron chi connectivity index (χ3n) is 5.79. The van der Waals surface area contributed by atoms with Gasteiger partial charge in [-0.3, -0.25) is 4.72 Å². The predicted molar refractivity (Wildman–Crippen MR) is 136 cm³/mol. The number of anilines is 1. The molecule has 210 valence electrons. The van der Waals surface area contributed by atoms with Crippen LogP contribution in [0.1, 0.15) is 17.5 Å². The minimum absolute atomic E-state index is 0.149. The predicted octanol–water partition coefficient (Wildman–Crippen LogP) is 7.41. The SMILES string of the molecule is CN1CC[C@@H](Oc2cc(NS(=O)(=O)c3ccc(Sc4ccc(C(F)(F)F)cc4)cc3Cl)ccc2C(F)(F)F)C1. The Morgan fingerprint density at radius 1 is 0.949 bits per heavy atom. The van der Waals surface area contributed by atoms with Crippen LogP contribution < -0.4 is 9.46 Å². The van der Waals surface area contributed by atoms with Crippen LogP contribution in [0.25, 0.3) is 0 Å². The van der Waals surface area contributed by atoms with Crippen molar-refractivity contribution in [1.29, 1.82) is 0 Å². The smallest absolute Gasteiger partial charge is 0.419 e. The molecule has 0 saturated carbocycles. The number of likely N-dealkylation sites (tertiary alicyclic amines) is 1. The minimum atomic E-state index is -4.71. The third kappa shape index (κ3) is 7.33. The zero-order chi connectivity index (χ0) is 28.6. The fourth-order valence-corrected chi connectivity index (χ4v) is 6.43. The maximum Gasteiger partial charge on any atom is 0.419 e. The van der Waals surface area contributed by atoms with Crippen LogP contribution in [-0.2, 0) is 22.4 Å². The molecule has 1 fully saturated rings. The van der Waals surface area contributed by atoms with E-state index in [0.717, 1.165) is 42.1 Å². The van der Waals surface area contributed by atoms with Gasteiger partial charge in [0.2, 0.25) is 0 Å². The summed E-state index contributed by atoms with van der Waals surface area (Å²) in [5.41, 5.74) is -1.98. The number of likely N-dealkylation sites (N-methyl/N-ethyl adjacent to an activating group) is 1. The molecule has 0 aromatic heterocycles. The number of nitrogens with zero attached hydrogens (tertiary/aromatic N) is 1. The molecule has 0 radical (unpaired) electrons. The summed E-state index contributed by atoms with van der Waals surface area (Å²) in [5, 5.41) is -0.184. The van der Waals surface area contributed by atoms with Crippen LogP contribution in [0.15, 0.2) is 75.4 Å². The van der Waals surface area contributed by atoms with E-state index >= 15 is 0 Å². The van der Waals surface area contributed by atoms with Gasteiger partial charge in [-0.2, -0.15) is 26.3 Å². The highest BCUT2D eigenvalue weighted by atomic mass is 35.5.